The van der Waals surface area contributed by atoms with Crippen molar-refractivity contribution in [1.29, 1.82) is 0 Å². The maximum absolute atomic E-state index is 12.0. The molecule has 0 atom stereocenters. The van der Waals surface area contributed by atoms with E-state index in [-0.39, 0.29) is 5.91 Å². The molecule has 0 aliphatic heterocycles. The van der Waals surface area contributed by atoms with Crippen molar-refractivity contribution in [3.05, 3.63) is 65.2 Å². The van der Waals surface area contributed by atoms with E-state index in [2.05, 4.69) is 24.4 Å². The van der Waals surface area contributed by atoms with Crippen LogP contribution in [-0.4, -0.2) is 5.91 Å². The number of hydrogen-bond acceptors (Lipinski definition) is 1. The standard InChI is InChI=1S/C17H18ClNO/c1-13-6-2-3-7-14(13)10-11-17(20)19-16-9-5-4-8-15(16)12-18/h2-9H,10-12H2,1H3,(H,19,20). The number of halogens is 1. The van der Waals surface area contributed by atoms with Gasteiger partial charge < -0.3 is 5.32 Å². The number of para-hydroxylation sites is 1. The summed E-state index contributed by atoms with van der Waals surface area (Å²) in [5.41, 5.74) is 4.19. The zero-order valence-electron chi connectivity index (χ0n) is 11.5. The molecule has 1 amide bonds. The molecular weight excluding hydrogens is 270 g/mol. The molecule has 0 saturated carbocycles. The van der Waals surface area contributed by atoms with Crippen LogP contribution in [0.1, 0.15) is 23.1 Å². The van der Waals surface area contributed by atoms with Gasteiger partial charge in [-0.2, -0.15) is 0 Å². The quantitative estimate of drug-likeness (QED) is 0.816. The molecule has 0 spiro atoms. The van der Waals surface area contributed by atoms with Gasteiger partial charge in [0.1, 0.15) is 0 Å². The molecule has 2 nitrogen and oxygen atoms in total. The Kier molecular flexibility index (Phi) is 5.19. The van der Waals surface area contributed by atoms with Gasteiger partial charge in [0.2, 0.25) is 5.91 Å². The van der Waals surface area contributed by atoms with Gasteiger partial charge in [-0.25, -0.2) is 0 Å². The number of carbonyl (C=O) groups is 1. The summed E-state index contributed by atoms with van der Waals surface area (Å²) in [6, 6.07) is 15.8. The Hall–Kier alpha value is -1.80. The topological polar surface area (TPSA) is 29.1 Å². The Labute approximate surface area is 124 Å². The van der Waals surface area contributed by atoms with Crippen molar-refractivity contribution in [3.63, 3.8) is 0 Å². The van der Waals surface area contributed by atoms with Crippen LogP contribution in [0.5, 0.6) is 0 Å². The van der Waals surface area contributed by atoms with E-state index >= 15 is 0 Å². The highest BCUT2D eigenvalue weighted by molar-refractivity contribution is 6.17. The zero-order chi connectivity index (χ0) is 14.4. The van der Waals surface area contributed by atoms with Crippen LogP contribution < -0.4 is 5.32 Å². The fourth-order valence-electron chi connectivity index (χ4n) is 2.11. The maximum Gasteiger partial charge on any atom is 0.224 e. The fraction of sp³-hybridized carbons (Fsp3) is 0.235. The van der Waals surface area contributed by atoms with Crippen molar-refractivity contribution >= 4 is 23.2 Å². The highest BCUT2D eigenvalue weighted by Gasteiger charge is 2.07. The van der Waals surface area contributed by atoms with E-state index in [0.29, 0.717) is 12.3 Å². The average Bonchev–Trinajstić information content (AvgIpc) is 2.47. The van der Waals surface area contributed by atoms with Gasteiger partial charge in [-0.15, -0.1) is 11.6 Å². The Balaban J connectivity index is 1.95. The number of amides is 1. The molecule has 2 aromatic rings. The number of rotatable bonds is 5. The Morgan fingerprint density at radius 1 is 1.05 bits per heavy atom. The summed E-state index contributed by atoms with van der Waals surface area (Å²) in [6.07, 6.45) is 1.23. The van der Waals surface area contributed by atoms with Crippen LogP contribution in [0.25, 0.3) is 0 Å². The highest BCUT2D eigenvalue weighted by atomic mass is 35.5. The lowest BCUT2D eigenvalue weighted by Gasteiger charge is -2.09. The van der Waals surface area contributed by atoms with Crippen LogP contribution >= 0.6 is 11.6 Å². The molecular formula is C17H18ClNO. The Morgan fingerprint density at radius 2 is 1.70 bits per heavy atom. The van der Waals surface area contributed by atoms with Gasteiger partial charge in [-0.3, -0.25) is 4.79 Å². The molecule has 3 heteroatoms. The summed E-state index contributed by atoms with van der Waals surface area (Å²) in [7, 11) is 0. The molecule has 104 valence electrons. The SMILES string of the molecule is Cc1ccccc1CCC(=O)Nc1ccccc1CCl. The Bertz CT molecular complexity index is 595. The average molecular weight is 288 g/mol. The minimum Gasteiger partial charge on any atom is -0.326 e. The smallest absolute Gasteiger partial charge is 0.224 e. The van der Waals surface area contributed by atoms with Crippen molar-refractivity contribution in [3.8, 4) is 0 Å². The number of benzene rings is 2. The molecule has 0 aromatic heterocycles. The lowest BCUT2D eigenvalue weighted by Crippen LogP contribution is -2.13. The first-order valence-electron chi connectivity index (χ1n) is 6.69. The van der Waals surface area contributed by atoms with Crippen molar-refractivity contribution in [2.75, 3.05) is 5.32 Å². The lowest BCUT2D eigenvalue weighted by atomic mass is 10.0. The van der Waals surface area contributed by atoms with E-state index in [1.807, 2.05) is 36.4 Å². The number of aryl methyl sites for hydroxylation is 2. The van der Waals surface area contributed by atoms with Crippen molar-refractivity contribution < 1.29 is 4.79 Å². The van der Waals surface area contributed by atoms with Gasteiger partial charge in [-0.1, -0.05) is 42.5 Å². The molecule has 0 bridgehead atoms. The summed E-state index contributed by atoms with van der Waals surface area (Å²) >= 11 is 5.86. The van der Waals surface area contributed by atoms with Gasteiger partial charge in [0.05, 0.1) is 0 Å². The largest absolute Gasteiger partial charge is 0.326 e. The normalized spacial score (nSPS) is 10.3. The van der Waals surface area contributed by atoms with Crippen LogP contribution in [-0.2, 0) is 17.1 Å². The van der Waals surface area contributed by atoms with E-state index in [0.717, 1.165) is 17.7 Å². The third-order valence-corrected chi connectivity index (χ3v) is 3.61. The number of alkyl halides is 1. The summed E-state index contributed by atoms with van der Waals surface area (Å²) < 4.78 is 0. The summed E-state index contributed by atoms with van der Waals surface area (Å²) in [5.74, 6) is 0.416. The van der Waals surface area contributed by atoms with E-state index < -0.39 is 0 Å². The van der Waals surface area contributed by atoms with Gasteiger partial charge in [0.25, 0.3) is 0 Å². The zero-order valence-corrected chi connectivity index (χ0v) is 12.3. The van der Waals surface area contributed by atoms with Gasteiger partial charge >= 0.3 is 0 Å². The lowest BCUT2D eigenvalue weighted by molar-refractivity contribution is -0.116. The Morgan fingerprint density at radius 3 is 2.40 bits per heavy atom. The van der Waals surface area contributed by atoms with Gasteiger partial charge in [-0.05, 0) is 36.1 Å². The highest BCUT2D eigenvalue weighted by Crippen LogP contribution is 2.17. The minimum absolute atomic E-state index is 0.0193. The summed E-state index contributed by atoms with van der Waals surface area (Å²) in [5, 5.41) is 2.93. The number of nitrogens with one attached hydrogen (secondary N) is 1. The predicted molar refractivity (Wildman–Crippen MR) is 84.1 cm³/mol. The second kappa shape index (κ2) is 7.11. The first kappa shape index (κ1) is 14.6. The summed E-state index contributed by atoms with van der Waals surface area (Å²) in [6.45, 7) is 2.07. The molecule has 0 aliphatic rings. The van der Waals surface area contributed by atoms with Gasteiger partial charge in [0.15, 0.2) is 0 Å². The van der Waals surface area contributed by atoms with E-state index in [9.17, 15) is 4.79 Å². The number of anilines is 1. The third kappa shape index (κ3) is 3.84. The van der Waals surface area contributed by atoms with Crippen molar-refractivity contribution in [2.24, 2.45) is 0 Å². The molecule has 0 saturated heterocycles. The number of carbonyl (C=O) groups excluding carboxylic acids is 1. The van der Waals surface area contributed by atoms with Crippen LogP contribution in [0.2, 0.25) is 0 Å². The second-order valence-electron chi connectivity index (χ2n) is 4.77. The van der Waals surface area contributed by atoms with Crippen LogP contribution in [0.4, 0.5) is 5.69 Å². The maximum atomic E-state index is 12.0. The van der Waals surface area contributed by atoms with Crippen molar-refractivity contribution in [1.82, 2.24) is 0 Å². The summed E-state index contributed by atoms with van der Waals surface area (Å²) in [4.78, 5) is 12.0. The molecule has 2 rings (SSSR count). The molecule has 0 aliphatic carbocycles. The molecule has 1 N–H and O–H groups in total. The van der Waals surface area contributed by atoms with E-state index in [1.54, 1.807) is 0 Å². The van der Waals surface area contributed by atoms with E-state index in [4.69, 9.17) is 11.6 Å². The fourth-order valence-corrected chi connectivity index (χ4v) is 2.34. The second-order valence-corrected chi connectivity index (χ2v) is 5.03. The monoisotopic (exact) mass is 287 g/mol. The first-order valence-corrected chi connectivity index (χ1v) is 7.22. The van der Waals surface area contributed by atoms with E-state index in [1.165, 1.54) is 11.1 Å². The minimum atomic E-state index is 0.0193. The molecule has 0 heterocycles. The van der Waals surface area contributed by atoms with Crippen molar-refractivity contribution in [2.45, 2.75) is 25.6 Å². The van der Waals surface area contributed by atoms with Crippen LogP contribution in [0.3, 0.4) is 0 Å². The molecule has 0 unspecified atom stereocenters. The molecule has 0 fully saturated rings. The molecule has 20 heavy (non-hydrogen) atoms. The van der Waals surface area contributed by atoms with Crippen LogP contribution in [0.15, 0.2) is 48.5 Å². The predicted octanol–water partition coefficient (Wildman–Crippen LogP) is 4.31. The molecule has 0 radical (unpaired) electrons. The third-order valence-electron chi connectivity index (χ3n) is 3.32. The number of hydrogen-bond donors (Lipinski definition) is 1. The first-order chi connectivity index (χ1) is 9.70. The van der Waals surface area contributed by atoms with Crippen LogP contribution in [0, 0.1) is 6.92 Å². The molecule has 2 aromatic carbocycles. The van der Waals surface area contributed by atoms with Gasteiger partial charge in [0, 0.05) is 18.0 Å².